The van der Waals surface area contributed by atoms with Gasteiger partial charge in [-0.05, 0) is 43.5 Å². The van der Waals surface area contributed by atoms with E-state index in [4.69, 9.17) is 0 Å². The van der Waals surface area contributed by atoms with Gasteiger partial charge in [0.15, 0.2) is 0 Å². The second-order valence-electron chi connectivity index (χ2n) is 8.09. The highest BCUT2D eigenvalue weighted by Crippen LogP contribution is 2.29. The van der Waals surface area contributed by atoms with Crippen molar-refractivity contribution >= 4 is 23.4 Å². The third-order valence-electron chi connectivity index (χ3n) is 5.68. The van der Waals surface area contributed by atoms with Gasteiger partial charge in [-0.15, -0.1) is 0 Å². The number of nitrogens with one attached hydrogen (secondary N) is 1. The molecule has 0 unspecified atom stereocenters. The molecule has 0 bridgehead atoms. The fourth-order valence-electron chi connectivity index (χ4n) is 3.85. The fourth-order valence-corrected chi connectivity index (χ4v) is 3.85. The topological polar surface area (TPSA) is 69.7 Å². The molecule has 2 aromatic rings. The van der Waals surface area contributed by atoms with Crippen LogP contribution in [0.5, 0.6) is 0 Å². The Morgan fingerprint density at radius 2 is 1.87 bits per heavy atom. The molecule has 1 N–H and O–H groups in total. The molecule has 3 amide bonds. The van der Waals surface area contributed by atoms with Crippen molar-refractivity contribution in [3.05, 3.63) is 65.2 Å². The molecular formula is C24H29N3O3. The van der Waals surface area contributed by atoms with E-state index in [1.54, 1.807) is 11.9 Å². The first kappa shape index (κ1) is 21.6. The summed E-state index contributed by atoms with van der Waals surface area (Å²) in [5.74, 6) is -0.888. The first-order valence-electron chi connectivity index (χ1n) is 10.2. The molecule has 1 heterocycles. The number of likely N-dealkylation sites (N-methyl/N-ethyl adjacent to an activating group) is 1. The zero-order valence-corrected chi connectivity index (χ0v) is 18.0. The Morgan fingerprint density at radius 1 is 1.17 bits per heavy atom. The van der Waals surface area contributed by atoms with Crippen LogP contribution in [0.25, 0.3) is 0 Å². The number of likely N-dealkylation sites (tertiary alicyclic amines) is 1. The predicted molar refractivity (Wildman–Crippen MR) is 117 cm³/mol. The van der Waals surface area contributed by atoms with Crippen molar-refractivity contribution in [2.24, 2.45) is 5.92 Å². The zero-order valence-electron chi connectivity index (χ0n) is 18.0. The van der Waals surface area contributed by atoms with E-state index in [0.29, 0.717) is 6.54 Å². The van der Waals surface area contributed by atoms with Crippen LogP contribution in [0, 0.1) is 19.8 Å². The van der Waals surface area contributed by atoms with E-state index in [1.807, 2.05) is 69.3 Å². The van der Waals surface area contributed by atoms with Crippen molar-refractivity contribution in [2.75, 3.05) is 25.5 Å². The lowest BCUT2D eigenvalue weighted by molar-refractivity contribution is -0.137. The van der Waals surface area contributed by atoms with Crippen molar-refractivity contribution < 1.29 is 14.4 Å². The molecule has 0 aromatic heterocycles. The predicted octanol–water partition coefficient (Wildman–Crippen LogP) is 3.31. The number of anilines is 1. The first-order chi connectivity index (χ1) is 14.3. The van der Waals surface area contributed by atoms with E-state index in [0.717, 1.165) is 22.4 Å². The Balaban J connectivity index is 1.59. The number of aryl methyl sites for hydroxylation is 2. The number of amides is 3. The van der Waals surface area contributed by atoms with Crippen LogP contribution >= 0.6 is 0 Å². The molecule has 0 saturated carbocycles. The summed E-state index contributed by atoms with van der Waals surface area (Å²) >= 11 is 0. The lowest BCUT2D eigenvalue weighted by Gasteiger charge is -2.26. The summed E-state index contributed by atoms with van der Waals surface area (Å²) in [7, 11) is 1.61. The number of nitrogens with zero attached hydrogens (tertiary/aromatic N) is 2. The molecule has 1 aliphatic rings. The van der Waals surface area contributed by atoms with Crippen LogP contribution in [-0.2, 0) is 14.4 Å². The molecule has 0 spiro atoms. The highest BCUT2D eigenvalue weighted by Gasteiger charge is 2.38. The number of carbonyl (C=O) groups excluding carboxylic acids is 3. The maximum Gasteiger partial charge on any atom is 0.243 e. The van der Waals surface area contributed by atoms with Gasteiger partial charge >= 0.3 is 0 Å². The van der Waals surface area contributed by atoms with E-state index in [9.17, 15) is 14.4 Å². The van der Waals surface area contributed by atoms with Crippen molar-refractivity contribution in [3.8, 4) is 0 Å². The third-order valence-corrected chi connectivity index (χ3v) is 5.68. The molecule has 0 radical (unpaired) electrons. The summed E-state index contributed by atoms with van der Waals surface area (Å²) in [4.78, 5) is 41.0. The standard InChI is InChI=1S/C24H29N3O3/c1-16-10-11-17(2)21(12-16)25-22(28)15-26(4)24(30)20-13-23(29)27(14-20)18(3)19-8-6-5-7-9-19/h5-12,18,20H,13-15H2,1-4H3,(H,25,28)/t18-,20+/m0/s1. The van der Waals surface area contributed by atoms with E-state index in [2.05, 4.69) is 5.32 Å². The smallest absolute Gasteiger partial charge is 0.243 e. The quantitative estimate of drug-likeness (QED) is 0.799. The molecule has 158 valence electrons. The molecule has 1 saturated heterocycles. The van der Waals surface area contributed by atoms with Crippen molar-refractivity contribution in [2.45, 2.75) is 33.2 Å². The molecule has 3 rings (SSSR count). The van der Waals surface area contributed by atoms with Gasteiger partial charge in [-0.2, -0.15) is 0 Å². The van der Waals surface area contributed by atoms with Crippen LogP contribution < -0.4 is 5.32 Å². The Hall–Kier alpha value is -3.15. The molecule has 6 heteroatoms. The molecular weight excluding hydrogens is 378 g/mol. The van der Waals surface area contributed by atoms with Gasteiger partial charge in [0.05, 0.1) is 18.5 Å². The summed E-state index contributed by atoms with van der Waals surface area (Å²) in [5, 5.41) is 2.87. The Kier molecular flexibility index (Phi) is 6.55. The first-order valence-corrected chi connectivity index (χ1v) is 10.2. The summed E-state index contributed by atoms with van der Waals surface area (Å²) in [6, 6.07) is 15.5. The summed E-state index contributed by atoms with van der Waals surface area (Å²) in [6.07, 6.45) is 0.180. The number of benzene rings is 2. The van der Waals surface area contributed by atoms with Crippen LogP contribution in [-0.4, -0.2) is 47.7 Å². The number of hydrogen-bond acceptors (Lipinski definition) is 3. The van der Waals surface area contributed by atoms with Gasteiger partial charge in [0.25, 0.3) is 0 Å². The Bertz CT molecular complexity index is 942. The molecule has 2 atom stereocenters. The normalized spacial score (nSPS) is 17.0. The molecule has 6 nitrogen and oxygen atoms in total. The molecule has 1 aliphatic heterocycles. The van der Waals surface area contributed by atoms with Crippen molar-refractivity contribution in [1.29, 1.82) is 0 Å². The molecule has 2 aromatic carbocycles. The van der Waals surface area contributed by atoms with Gasteiger partial charge < -0.3 is 15.1 Å². The minimum Gasteiger partial charge on any atom is -0.336 e. The Labute approximate surface area is 177 Å². The molecule has 30 heavy (non-hydrogen) atoms. The van der Waals surface area contributed by atoms with Gasteiger partial charge in [0.2, 0.25) is 17.7 Å². The third kappa shape index (κ3) is 4.87. The van der Waals surface area contributed by atoms with Gasteiger partial charge in [-0.25, -0.2) is 0 Å². The summed E-state index contributed by atoms with van der Waals surface area (Å²) < 4.78 is 0. The SMILES string of the molecule is Cc1ccc(C)c(NC(=O)CN(C)C(=O)[C@@H]2CC(=O)N([C@@H](C)c3ccccc3)C2)c1. The average Bonchev–Trinajstić information content (AvgIpc) is 3.11. The van der Waals surface area contributed by atoms with Crippen LogP contribution in [0.2, 0.25) is 0 Å². The largest absolute Gasteiger partial charge is 0.336 e. The number of rotatable bonds is 6. The minimum absolute atomic E-state index is 0.0297. The van der Waals surface area contributed by atoms with E-state index >= 15 is 0 Å². The van der Waals surface area contributed by atoms with Crippen LogP contribution in [0.4, 0.5) is 5.69 Å². The lowest BCUT2D eigenvalue weighted by atomic mass is 10.1. The van der Waals surface area contributed by atoms with Crippen LogP contribution in [0.1, 0.15) is 36.1 Å². The number of carbonyl (C=O) groups is 3. The fraction of sp³-hybridized carbons (Fsp3) is 0.375. The van der Waals surface area contributed by atoms with Crippen LogP contribution in [0.15, 0.2) is 48.5 Å². The van der Waals surface area contributed by atoms with Crippen molar-refractivity contribution in [1.82, 2.24) is 9.80 Å². The second kappa shape index (κ2) is 9.11. The van der Waals surface area contributed by atoms with Gasteiger partial charge in [0.1, 0.15) is 0 Å². The monoisotopic (exact) mass is 407 g/mol. The summed E-state index contributed by atoms with van der Waals surface area (Å²) in [6.45, 7) is 6.18. The molecule has 0 aliphatic carbocycles. The zero-order chi connectivity index (χ0) is 21.8. The van der Waals surface area contributed by atoms with E-state index in [1.165, 1.54) is 4.90 Å². The van der Waals surface area contributed by atoms with Gasteiger partial charge in [-0.1, -0.05) is 42.5 Å². The van der Waals surface area contributed by atoms with Gasteiger partial charge in [-0.3, -0.25) is 14.4 Å². The average molecular weight is 408 g/mol. The van der Waals surface area contributed by atoms with Crippen LogP contribution in [0.3, 0.4) is 0 Å². The lowest BCUT2D eigenvalue weighted by Crippen LogP contribution is -2.39. The minimum atomic E-state index is -0.429. The molecule has 1 fully saturated rings. The van der Waals surface area contributed by atoms with Crippen molar-refractivity contribution in [3.63, 3.8) is 0 Å². The van der Waals surface area contributed by atoms with E-state index in [-0.39, 0.29) is 36.7 Å². The second-order valence-corrected chi connectivity index (χ2v) is 8.09. The summed E-state index contributed by atoms with van der Waals surface area (Å²) in [5.41, 5.74) is 3.81. The highest BCUT2D eigenvalue weighted by molar-refractivity contribution is 5.96. The number of hydrogen-bond donors (Lipinski definition) is 1. The van der Waals surface area contributed by atoms with Gasteiger partial charge in [0, 0.05) is 25.7 Å². The Morgan fingerprint density at radius 3 is 2.57 bits per heavy atom. The maximum absolute atomic E-state index is 12.9. The maximum atomic E-state index is 12.9. The van der Waals surface area contributed by atoms with E-state index < -0.39 is 5.92 Å². The highest BCUT2D eigenvalue weighted by atomic mass is 16.2.